The Morgan fingerprint density at radius 1 is 1.27 bits per heavy atom. The first-order chi connectivity index (χ1) is 10.2. The third-order valence-corrected chi connectivity index (χ3v) is 3.16. The van der Waals surface area contributed by atoms with Crippen molar-refractivity contribution in [3.05, 3.63) is 34.7 Å². The lowest BCUT2D eigenvalue weighted by atomic mass is 10.2. The van der Waals surface area contributed by atoms with Crippen molar-refractivity contribution < 1.29 is 23.5 Å². The van der Waals surface area contributed by atoms with E-state index in [1.54, 1.807) is 20.8 Å². The van der Waals surface area contributed by atoms with Crippen molar-refractivity contribution in [2.45, 2.75) is 26.4 Å². The Bertz CT molecular complexity index is 761. The van der Waals surface area contributed by atoms with Crippen LogP contribution in [0, 0.1) is 5.82 Å². The SMILES string of the molecule is COC(=O)c1cc2c(Cl)ccc(F)c2n1C(=O)OC(C)(C)C. The molecule has 0 saturated heterocycles. The fourth-order valence-corrected chi connectivity index (χ4v) is 2.20. The molecule has 0 saturated carbocycles. The van der Waals surface area contributed by atoms with Gasteiger partial charge in [0, 0.05) is 5.39 Å². The molecular weight excluding hydrogens is 313 g/mol. The Labute approximate surface area is 131 Å². The van der Waals surface area contributed by atoms with Crippen molar-refractivity contribution in [3.8, 4) is 0 Å². The predicted molar refractivity (Wildman–Crippen MR) is 79.9 cm³/mol. The number of esters is 1. The highest BCUT2D eigenvalue weighted by Crippen LogP contribution is 2.30. The van der Waals surface area contributed by atoms with Crippen LogP contribution in [-0.2, 0) is 9.47 Å². The summed E-state index contributed by atoms with van der Waals surface area (Å²) in [5.41, 5.74) is -1.09. The van der Waals surface area contributed by atoms with Gasteiger partial charge in [0.2, 0.25) is 0 Å². The van der Waals surface area contributed by atoms with Gasteiger partial charge in [0.1, 0.15) is 17.1 Å². The Hall–Kier alpha value is -2.08. The van der Waals surface area contributed by atoms with Gasteiger partial charge in [-0.05, 0) is 39.0 Å². The normalized spacial score (nSPS) is 11.5. The summed E-state index contributed by atoms with van der Waals surface area (Å²) in [6, 6.07) is 3.77. The zero-order valence-corrected chi connectivity index (χ0v) is 13.3. The number of benzene rings is 1. The first-order valence-electron chi connectivity index (χ1n) is 6.47. The van der Waals surface area contributed by atoms with Crippen molar-refractivity contribution >= 4 is 34.6 Å². The van der Waals surface area contributed by atoms with Gasteiger partial charge >= 0.3 is 12.1 Å². The Morgan fingerprint density at radius 2 is 1.91 bits per heavy atom. The second kappa shape index (κ2) is 5.61. The standard InChI is InChI=1S/C15H15ClFNO4/c1-15(2,3)22-14(20)18-11(13(19)21-4)7-8-9(16)5-6-10(17)12(8)18/h5-7H,1-4H3. The van der Waals surface area contributed by atoms with Gasteiger partial charge < -0.3 is 9.47 Å². The summed E-state index contributed by atoms with van der Waals surface area (Å²) in [6.45, 7) is 4.99. The van der Waals surface area contributed by atoms with E-state index in [0.717, 1.165) is 17.7 Å². The third kappa shape index (κ3) is 2.92. The van der Waals surface area contributed by atoms with Crippen LogP contribution in [0.2, 0.25) is 5.02 Å². The lowest BCUT2D eigenvalue weighted by molar-refractivity contribution is 0.0489. The average Bonchev–Trinajstić information content (AvgIpc) is 2.82. The van der Waals surface area contributed by atoms with Crippen LogP contribution in [0.25, 0.3) is 10.9 Å². The molecule has 0 radical (unpaired) electrons. The largest absolute Gasteiger partial charge is 0.464 e. The number of hydrogen-bond acceptors (Lipinski definition) is 4. The molecule has 1 aromatic heterocycles. The summed E-state index contributed by atoms with van der Waals surface area (Å²) in [4.78, 5) is 24.2. The maximum Gasteiger partial charge on any atom is 0.419 e. The molecule has 118 valence electrons. The fourth-order valence-electron chi connectivity index (χ4n) is 2.00. The van der Waals surface area contributed by atoms with Crippen LogP contribution < -0.4 is 0 Å². The topological polar surface area (TPSA) is 57.5 Å². The number of aromatic nitrogens is 1. The predicted octanol–water partition coefficient (Wildman–Crippen LogP) is 4.00. The molecule has 0 spiro atoms. The molecule has 2 aromatic rings. The van der Waals surface area contributed by atoms with Crippen LogP contribution in [0.1, 0.15) is 31.3 Å². The lowest BCUT2D eigenvalue weighted by Crippen LogP contribution is -2.29. The van der Waals surface area contributed by atoms with Gasteiger partial charge in [-0.2, -0.15) is 0 Å². The Kier molecular flexibility index (Phi) is 4.15. The molecule has 0 amide bonds. The molecule has 0 N–H and O–H groups in total. The summed E-state index contributed by atoms with van der Waals surface area (Å²) >= 11 is 6.02. The van der Waals surface area contributed by atoms with E-state index in [2.05, 4.69) is 4.74 Å². The van der Waals surface area contributed by atoms with E-state index in [1.807, 2.05) is 0 Å². The van der Waals surface area contributed by atoms with E-state index >= 15 is 0 Å². The third-order valence-electron chi connectivity index (χ3n) is 2.83. The van der Waals surface area contributed by atoms with E-state index in [4.69, 9.17) is 16.3 Å². The minimum Gasteiger partial charge on any atom is -0.464 e. The molecule has 5 nitrogen and oxygen atoms in total. The maximum atomic E-state index is 14.2. The van der Waals surface area contributed by atoms with Crippen LogP contribution in [0.4, 0.5) is 9.18 Å². The highest BCUT2D eigenvalue weighted by molar-refractivity contribution is 6.35. The molecule has 0 aliphatic rings. The van der Waals surface area contributed by atoms with Crippen LogP contribution in [-0.4, -0.2) is 29.3 Å². The number of carbonyl (C=O) groups is 2. The highest BCUT2D eigenvalue weighted by Gasteiger charge is 2.27. The number of methoxy groups -OCH3 is 1. The summed E-state index contributed by atoms with van der Waals surface area (Å²) in [5.74, 6) is -1.49. The van der Waals surface area contributed by atoms with E-state index < -0.39 is 23.5 Å². The van der Waals surface area contributed by atoms with E-state index in [0.29, 0.717) is 0 Å². The Morgan fingerprint density at radius 3 is 2.45 bits per heavy atom. The number of hydrogen-bond donors (Lipinski definition) is 0. The van der Waals surface area contributed by atoms with Crippen molar-refractivity contribution in [1.82, 2.24) is 4.57 Å². The van der Waals surface area contributed by atoms with Crippen LogP contribution >= 0.6 is 11.6 Å². The van der Waals surface area contributed by atoms with Crippen molar-refractivity contribution in [2.24, 2.45) is 0 Å². The molecule has 0 aliphatic heterocycles. The summed E-state index contributed by atoms with van der Waals surface area (Å²) < 4.78 is 24.9. The van der Waals surface area contributed by atoms with E-state index in [-0.39, 0.29) is 21.6 Å². The summed E-state index contributed by atoms with van der Waals surface area (Å²) in [6.07, 6.45) is -0.885. The smallest absolute Gasteiger partial charge is 0.419 e. The van der Waals surface area contributed by atoms with Gasteiger partial charge in [0.25, 0.3) is 0 Å². The van der Waals surface area contributed by atoms with Crippen molar-refractivity contribution in [1.29, 1.82) is 0 Å². The van der Waals surface area contributed by atoms with Crippen LogP contribution in [0.5, 0.6) is 0 Å². The van der Waals surface area contributed by atoms with Crippen LogP contribution in [0.3, 0.4) is 0 Å². The molecule has 0 fully saturated rings. The monoisotopic (exact) mass is 327 g/mol. The van der Waals surface area contributed by atoms with E-state index in [9.17, 15) is 14.0 Å². The van der Waals surface area contributed by atoms with E-state index in [1.165, 1.54) is 12.1 Å². The van der Waals surface area contributed by atoms with Gasteiger partial charge in [-0.25, -0.2) is 18.5 Å². The number of carbonyl (C=O) groups excluding carboxylic acids is 2. The Balaban J connectivity index is 2.76. The molecule has 0 aliphatic carbocycles. The number of rotatable bonds is 1. The number of nitrogens with zero attached hydrogens (tertiary/aromatic N) is 1. The quantitative estimate of drug-likeness (QED) is 0.743. The highest BCUT2D eigenvalue weighted by atomic mass is 35.5. The second-order valence-corrected chi connectivity index (χ2v) is 6.04. The molecule has 0 unspecified atom stereocenters. The van der Waals surface area contributed by atoms with Crippen LogP contribution in [0.15, 0.2) is 18.2 Å². The average molecular weight is 328 g/mol. The fraction of sp³-hybridized carbons (Fsp3) is 0.333. The van der Waals surface area contributed by atoms with Crippen molar-refractivity contribution in [3.63, 3.8) is 0 Å². The molecule has 1 aromatic carbocycles. The molecule has 22 heavy (non-hydrogen) atoms. The summed E-state index contributed by atoms with van der Waals surface area (Å²) in [5, 5.41) is 0.441. The van der Waals surface area contributed by atoms with Gasteiger partial charge in [-0.15, -0.1) is 0 Å². The minimum absolute atomic E-state index is 0.123. The van der Waals surface area contributed by atoms with Gasteiger partial charge in [-0.3, -0.25) is 0 Å². The summed E-state index contributed by atoms with van der Waals surface area (Å²) in [7, 11) is 1.16. The van der Waals surface area contributed by atoms with Gasteiger partial charge in [-0.1, -0.05) is 11.6 Å². The number of halogens is 2. The van der Waals surface area contributed by atoms with Crippen molar-refractivity contribution in [2.75, 3.05) is 7.11 Å². The number of fused-ring (bicyclic) bond motifs is 1. The minimum atomic E-state index is -0.885. The van der Waals surface area contributed by atoms with Gasteiger partial charge in [0.05, 0.1) is 17.6 Å². The molecule has 0 atom stereocenters. The van der Waals surface area contributed by atoms with Gasteiger partial charge in [0.15, 0.2) is 0 Å². The molecule has 1 heterocycles. The number of ether oxygens (including phenoxy) is 2. The lowest BCUT2D eigenvalue weighted by Gasteiger charge is -2.20. The first-order valence-corrected chi connectivity index (χ1v) is 6.84. The first kappa shape index (κ1) is 16.3. The maximum absolute atomic E-state index is 14.2. The molecular formula is C15H15ClFNO4. The second-order valence-electron chi connectivity index (χ2n) is 5.63. The zero-order valence-electron chi connectivity index (χ0n) is 12.6. The molecule has 7 heteroatoms. The molecule has 0 bridgehead atoms. The zero-order chi connectivity index (χ0) is 16.7. The molecule has 2 rings (SSSR count).